The third kappa shape index (κ3) is 3.49. The lowest BCUT2D eigenvalue weighted by Gasteiger charge is -2.18. The van der Waals surface area contributed by atoms with Gasteiger partial charge in [0.05, 0.1) is 23.3 Å². The summed E-state index contributed by atoms with van der Waals surface area (Å²) in [7, 11) is 0. The van der Waals surface area contributed by atoms with Crippen LogP contribution in [0.1, 0.15) is 23.7 Å². The summed E-state index contributed by atoms with van der Waals surface area (Å²) in [6.45, 7) is 2.36. The minimum Gasteiger partial charge on any atom is -0.485 e. The number of anilines is 1. The van der Waals surface area contributed by atoms with Crippen LogP contribution in [0.2, 0.25) is 0 Å². The van der Waals surface area contributed by atoms with Gasteiger partial charge < -0.3 is 16.2 Å². The number of aliphatic imine (C=N–C) groups is 1. The number of halogens is 2. The summed E-state index contributed by atoms with van der Waals surface area (Å²) in [5, 5.41) is 4.16. The molecule has 1 aliphatic heterocycles. The van der Waals surface area contributed by atoms with E-state index in [2.05, 4.69) is 15.1 Å². The fourth-order valence-electron chi connectivity index (χ4n) is 3.39. The van der Waals surface area contributed by atoms with E-state index in [1.54, 1.807) is 12.3 Å². The van der Waals surface area contributed by atoms with Gasteiger partial charge in [-0.05, 0) is 43.0 Å². The second-order valence-electron chi connectivity index (χ2n) is 6.71. The third-order valence-corrected chi connectivity index (χ3v) is 4.81. The number of hydrogen-bond acceptors (Lipinski definition) is 6. The Morgan fingerprint density at radius 1 is 1.27 bits per heavy atom. The number of fused-ring (bicyclic) bond motifs is 5. The van der Waals surface area contributed by atoms with E-state index < -0.39 is 11.6 Å². The SMILES string of the molecule is CCN=C1C(=CN)Cc2c(F)cnn2-c2ccc(F)cc2COc2cc1cnc2N. The van der Waals surface area contributed by atoms with Crippen molar-refractivity contribution in [3.63, 3.8) is 0 Å². The maximum atomic E-state index is 14.7. The number of rotatable bonds is 1. The Morgan fingerprint density at radius 3 is 2.87 bits per heavy atom. The highest BCUT2D eigenvalue weighted by molar-refractivity contribution is 6.13. The number of hydrogen-bond donors (Lipinski definition) is 2. The first-order chi connectivity index (χ1) is 14.5. The highest BCUT2D eigenvalue weighted by Crippen LogP contribution is 2.28. The number of benzene rings is 1. The molecule has 4 rings (SSSR count). The lowest BCUT2D eigenvalue weighted by Crippen LogP contribution is -2.16. The van der Waals surface area contributed by atoms with Gasteiger partial charge in [0.25, 0.3) is 0 Å². The monoisotopic (exact) mass is 410 g/mol. The van der Waals surface area contributed by atoms with Crippen LogP contribution in [0.15, 0.2) is 53.4 Å². The Kier molecular flexibility index (Phi) is 5.18. The molecule has 0 radical (unpaired) electrons. The lowest BCUT2D eigenvalue weighted by atomic mass is 9.99. The molecule has 0 saturated heterocycles. The van der Waals surface area contributed by atoms with Gasteiger partial charge in [-0.25, -0.2) is 18.4 Å². The predicted molar refractivity (Wildman–Crippen MR) is 110 cm³/mol. The normalized spacial score (nSPS) is 16.4. The van der Waals surface area contributed by atoms with E-state index in [1.165, 1.54) is 29.1 Å². The second-order valence-corrected chi connectivity index (χ2v) is 6.71. The van der Waals surface area contributed by atoms with Crippen molar-refractivity contribution in [2.45, 2.75) is 20.0 Å². The van der Waals surface area contributed by atoms with Crippen molar-refractivity contribution < 1.29 is 13.5 Å². The van der Waals surface area contributed by atoms with E-state index in [-0.39, 0.29) is 24.5 Å². The summed E-state index contributed by atoms with van der Waals surface area (Å²) in [5.74, 6) is -0.433. The molecule has 3 heterocycles. The van der Waals surface area contributed by atoms with Crippen molar-refractivity contribution in [3.8, 4) is 11.4 Å². The van der Waals surface area contributed by atoms with Gasteiger partial charge in [0.15, 0.2) is 17.4 Å². The summed E-state index contributed by atoms with van der Waals surface area (Å²) in [6, 6.07) is 5.84. The van der Waals surface area contributed by atoms with Crippen LogP contribution in [0.25, 0.3) is 5.69 Å². The van der Waals surface area contributed by atoms with Gasteiger partial charge in [0.2, 0.25) is 0 Å². The molecule has 154 valence electrons. The largest absolute Gasteiger partial charge is 0.485 e. The summed E-state index contributed by atoms with van der Waals surface area (Å²) in [4.78, 5) is 8.73. The zero-order chi connectivity index (χ0) is 21.3. The van der Waals surface area contributed by atoms with E-state index >= 15 is 0 Å². The van der Waals surface area contributed by atoms with Crippen LogP contribution in [0.3, 0.4) is 0 Å². The Balaban J connectivity index is 1.97. The van der Waals surface area contributed by atoms with Gasteiger partial charge >= 0.3 is 0 Å². The fourth-order valence-corrected chi connectivity index (χ4v) is 3.39. The number of ether oxygens (including phenoxy) is 1. The average Bonchev–Trinajstić information content (AvgIpc) is 3.09. The molecule has 4 N–H and O–H groups in total. The minimum absolute atomic E-state index is 0.0107. The fraction of sp³-hybridized carbons (Fsp3) is 0.190. The van der Waals surface area contributed by atoms with Gasteiger partial charge in [-0.1, -0.05) is 0 Å². The van der Waals surface area contributed by atoms with E-state index in [0.717, 1.165) is 6.20 Å². The molecule has 0 saturated carbocycles. The smallest absolute Gasteiger partial charge is 0.166 e. The van der Waals surface area contributed by atoms with Gasteiger partial charge in [-0.3, -0.25) is 4.99 Å². The first-order valence-electron chi connectivity index (χ1n) is 9.37. The van der Waals surface area contributed by atoms with E-state index in [1.807, 2.05) is 6.92 Å². The highest BCUT2D eigenvalue weighted by Gasteiger charge is 2.22. The van der Waals surface area contributed by atoms with Crippen molar-refractivity contribution in [1.29, 1.82) is 0 Å². The molecule has 0 unspecified atom stereocenters. The minimum atomic E-state index is -0.505. The molecule has 0 aliphatic carbocycles. The quantitative estimate of drug-likeness (QED) is 0.642. The first-order valence-corrected chi connectivity index (χ1v) is 9.37. The molecule has 9 heteroatoms. The lowest BCUT2D eigenvalue weighted by molar-refractivity contribution is 0.305. The van der Waals surface area contributed by atoms with Crippen molar-refractivity contribution in [1.82, 2.24) is 14.8 Å². The summed E-state index contributed by atoms with van der Waals surface area (Å²) >= 11 is 0. The molecule has 1 aliphatic rings. The Hall–Kier alpha value is -3.75. The molecule has 30 heavy (non-hydrogen) atoms. The number of aromatic nitrogens is 3. The number of nitrogen functional groups attached to an aromatic ring is 1. The van der Waals surface area contributed by atoms with Crippen LogP contribution in [0.5, 0.6) is 5.75 Å². The summed E-state index contributed by atoms with van der Waals surface area (Å²) in [5.41, 5.74) is 14.9. The Labute approximate surface area is 171 Å². The zero-order valence-electron chi connectivity index (χ0n) is 16.3. The van der Waals surface area contributed by atoms with Gasteiger partial charge in [-0.15, -0.1) is 0 Å². The number of nitrogens with zero attached hydrogens (tertiary/aromatic N) is 4. The average molecular weight is 410 g/mol. The predicted octanol–water partition coefficient (Wildman–Crippen LogP) is 2.91. The standard InChI is InChI=1S/C21H20F2N6O/c1-2-26-20-12(8-24)6-18-16(23)10-28-29(18)17-4-3-15(22)5-14(17)11-30-19-7-13(20)9-27-21(19)25/h3-5,7-10H,2,6,11,24H2,1H3,(H2,25,27). The topological polar surface area (TPSA) is 104 Å². The van der Waals surface area contributed by atoms with Gasteiger partial charge in [0, 0.05) is 30.3 Å². The van der Waals surface area contributed by atoms with Crippen LogP contribution < -0.4 is 16.2 Å². The van der Waals surface area contributed by atoms with E-state index in [0.29, 0.717) is 40.4 Å². The summed E-state index contributed by atoms with van der Waals surface area (Å²) in [6.07, 6.45) is 4.19. The molecule has 2 aromatic heterocycles. The summed E-state index contributed by atoms with van der Waals surface area (Å²) < 4.78 is 35.9. The molecule has 2 bridgehead atoms. The van der Waals surface area contributed by atoms with Crippen molar-refractivity contribution in [2.24, 2.45) is 10.7 Å². The number of pyridine rings is 1. The Bertz CT molecular complexity index is 1170. The van der Waals surface area contributed by atoms with Crippen molar-refractivity contribution in [2.75, 3.05) is 12.3 Å². The first kappa shape index (κ1) is 19.6. The van der Waals surface area contributed by atoms with E-state index in [9.17, 15) is 8.78 Å². The number of nitrogens with two attached hydrogens (primary N) is 2. The highest BCUT2D eigenvalue weighted by atomic mass is 19.1. The molecule has 0 atom stereocenters. The van der Waals surface area contributed by atoms with Crippen LogP contribution in [-0.4, -0.2) is 27.0 Å². The molecule has 7 nitrogen and oxygen atoms in total. The zero-order valence-corrected chi connectivity index (χ0v) is 16.3. The maximum absolute atomic E-state index is 14.7. The third-order valence-electron chi connectivity index (χ3n) is 4.81. The molecule has 0 fully saturated rings. The van der Waals surface area contributed by atoms with E-state index in [4.69, 9.17) is 16.2 Å². The Morgan fingerprint density at radius 2 is 2.10 bits per heavy atom. The van der Waals surface area contributed by atoms with Crippen LogP contribution in [0, 0.1) is 11.6 Å². The molecule has 0 spiro atoms. The van der Waals surface area contributed by atoms with Gasteiger partial charge in [0.1, 0.15) is 12.4 Å². The van der Waals surface area contributed by atoms with Crippen LogP contribution in [-0.2, 0) is 13.0 Å². The molecule has 0 amide bonds. The maximum Gasteiger partial charge on any atom is 0.166 e. The molecular formula is C21H20F2N6O. The van der Waals surface area contributed by atoms with Crippen molar-refractivity contribution in [3.05, 3.63) is 76.9 Å². The van der Waals surface area contributed by atoms with Crippen LogP contribution >= 0.6 is 0 Å². The number of allylic oxidation sites excluding steroid dienone is 1. The molecular weight excluding hydrogens is 390 g/mol. The molecule has 1 aromatic carbocycles. The molecule has 3 aromatic rings. The second kappa shape index (κ2) is 7.94. The van der Waals surface area contributed by atoms with Crippen molar-refractivity contribution >= 4 is 11.5 Å². The van der Waals surface area contributed by atoms with Crippen LogP contribution in [0.4, 0.5) is 14.6 Å². The van der Waals surface area contributed by atoms with Gasteiger partial charge in [-0.2, -0.15) is 5.10 Å².